The lowest BCUT2D eigenvalue weighted by molar-refractivity contribution is 0.0788. The van der Waals surface area contributed by atoms with Gasteiger partial charge in [0.25, 0.3) is 5.91 Å². The van der Waals surface area contributed by atoms with Crippen LogP contribution in [-0.2, 0) is 6.42 Å². The SMILES string of the molecule is Cc1sc(-c2ccco2)nc1C(=O)N(C)CCCc1cc(-c2ccccc2)n[nH]1. The van der Waals surface area contributed by atoms with Crippen molar-refractivity contribution in [3.05, 3.63) is 71.1 Å². The molecule has 4 aromatic rings. The Kier molecular flexibility index (Phi) is 5.57. The number of benzene rings is 1. The van der Waals surface area contributed by atoms with Gasteiger partial charge in [-0.25, -0.2) is 4.98 Å². The van der Waals surface area contributed by atoms with Crippen molar-refractivity contribution in [3.63, 3.8) is 0 Å². The van der Waals surface area contributed by atoms with Crippen molar-refractivity contribution in [3.8, 4) is 22.0 Å². The fourth-order valence-electron chi connectivity index (χ4n) is 3.14. The lowest BCUT2D eigenvalue weighted by Gasteiger charge is -2.16. The fourth-order valence-corrected chi connectivity index (χ4v) is 4.01. The number of thiazole rings is 1. The topological polar surface area (TPSA) is 75.0 Å². The first-order valence-corrected chi connectivity index (χ1v) is 10.3. The maximum atomic E-state index is 12.8. The van der Waals surface area contributed by atoms with Gasteiger partial charge in [0.1, 0.15) is 5.69 Å². The molecule has 0 saturated heterocycles. The molecule has 1 aromatic carbocycles. The fraction of sp³-hybridized carbons (Fsp3) is 0.227. The second kappa shape index (κ2) is 8.45. The molecule has 0 fully saturated rings. The van der Waals surface area contributed by atoms with Crippen LogP contribution < -0.4 is 0 Å². The van der Waals surface area contributed by atoms with Gasteiger partial charge in [0.15, 0.2) is 10.8 Å². The predicted molar refractivity (Wildman–Crippen MR) is 114 cm³/mol. The minimum absolute atomic E-state index is 0.0638. The summed E-state index contributed by atoms with van der Waals surface area (Å²) in [7, 11) is 1.82. The third-order valence-electron chi connectivity index (χ3n) is 4.72. The second-order valence-corrected chi connectivity index (χ2v) is 8.08. The summed E-state index contributed by atoms with van der Waals surface area (Å²) in [6.07, 6.45) is 3.27. The lowest BCUT2D eigenvalue weighted by atomic mass is 10.1. The van der Waals surface area contributed by atoms with Gasteiger partial charge in [0.05, 0.1) is 12.0 Å². The third kappa shape index (κ3) is 4.30. The molecule has 0 radical (unpaired) electrons. The Morgan fingerprint density at radius 1 is 1.21 bits per heavy atom. The summed E-state index contributed by atoms with van der Waals surface area (Å²) in [6.45, 7) is 2.56. The molecular formula is C22H22N4O2S. The summed E-state index contributed by atoms with van der Waals surface area (Å²) in [4.78, 5) is 19.9. The van der Waals surface area contributed by atoms with E-state index in [2.05, 4.69) is 21.2 Å². The molecule has 0 aliphatic carbocycles. The largest absolute Gasteiger partial charge is 0.462 e. The van der Waals surface area contributed by atoms with Gasteiger partial charge >= 0.3 is 0 Å². The minimum atomic E-state index is -0.0638. The molecule has 148 valence electrons. The van der Waals surface area contributed by atoms with Crippen LogP contribution in [0.2, 0.25) is 0 Å². The maximum Gasteiger partial charge on any atom is 0.273 e. The van der Waals surface area contributed by atoms with E-state index >= 15 is 0 Å². The zero-order chi connectivity index (χ0) is 20.2. The van der Waals surface area contributed by atoms with Crippen molar-refractivity contribution in [2.24, 2.45) is 0 Å². The zero-order valence-electron chi connectivity index (χ0n) is 16.4. The van der Waals surface area contributed by atoms with Gasteiger partial charge in [-0.1, -0.05) is 30.3 Å². The molecule has 0 atom stereocenters. The van der Waals surface area contributed by atoms with E-state index in [-0.39, 0.29) is 5.91 Å². The van der Waals surface area contributed by atoms with Crippen LogP contribution in [0.15, 0.2) is 59.2 Å². The number of nitrogens with one attached hydrogen (secondary N) is 1. The Morgan fingerprint density at radius 2 is 2.03 bits per heavy atom. The van der Waals surface area contributed by atoms with Gasteiger partial charge in [-0.05, 0) is 38.0 Å². The van der Waals surface area contributed by atoms with Crippen LogP contribution in [0, 0.1) is 6.92 Å². The Morgan fingerprint density at radius 3 is 2.79 bits per heavy atom. The number of aromatic nitrogens is 3. The molecular weight excluding hydrogens is 384 g/mol. The molecule has 3 heterocycles. The number of hydrogen-bond acceptors (Lipinski definition) is 5. The molecule has 1 N–H and O–H groups in total. The molecule has 0 spiro atoms. The molecule has 6 nitrogen and oxygen atoms in total. The number of carbonyl (C=O) groups excluding carboxylic acids is 1. The average Bonchev–Trinajstić information content (AvgIpc) is 3.49. The average molecular weight is 407 g/mol. The Hall–Kier alpha value is -3.19. The van der Waals surface area contributed by atoms with Crippen molar-refractivity contribution in [2.75, 3.05) is 13.6 Å². The number of nitrogens with zero attached hydrogens (tertiary/aromatic N) is 3. The molecule has 0 aliphatic rings. The third-order valence-corrected chi connectivity index (χ3v) is 5.70. The van der Waals surface area contributed by atoms with Crippen LogP contribution in [0.25, 0.3) is 22.0 Å². The van der Waals surface area contributed by atoms with E-state index in [4.69, 9.17) is 4.42 Å². The molecule has 0 saturated carbocycles. The van der Waals surface area contributed by atoms with E-state index in [9.17, 15) is 4.79 Å². The molecule has 0 unspecified atom stereocenters. The summed E-state index contributed by atoms with van der Waals surface area (Å²) in [6, 6.07) is 15.8. The van der Waals surface area contributed by atoms with Gasteiger partial charge in [0, 0.05) is 29.7 Å². The van der Waals surface area contributed by atoms with E-state index in [1.54, 1.807) is 11.2 Å². The van der Waals surface area contributed by atoms with Gasteiger partial charge in [-0.2, -0.15) is 5.10 Å². The van der Waals surface area contributed by atoms with E-state index in [0.717, 1.165) is 39.7 Å². The highest BCUT2D eigenvalue weighted by atomic mass is 32.1. The summed E-state index contributed by atoms with van der Waals surface area (Å²) >= 11 is 1.47. The number of aryl methyl sites for hydroxylation is 2. The molecule has 4 rings (SSSR count). The standard InChI is InChI=1S/C22H22N4O2S/c1-15-20(23-21(29-15)19-11-7-13-28-19)22(27)26(2)12-6-10-17-14-18(25-24-17)16-8-4-3-5-9-16/h3-5,7-9,11,13-14H,6,10,12H2,1-2H3,(H,24,25). The highest BCUT2D eigenvalue weighted by Gasteiger charge is 2.20. The predicted octanol–water partition coefficient (Wildman–Crippen LogP) is 4.81. The highest BCUT2D eigenvalue weighted by molar-refractivity contribution is 7.15. The van der Waals surface area contributed by atoms with Crippen LogP contribution in [0.1, 0.15) is 27.5 Å². The van der Waals surface area contributed by atoms with E-state index < -0.39 is 0 Å². The van der Waals surface area contributed by atoms with Crippen molar-refractivity contribution < 1.29 is 9.21 Å². The number of hydrogen-bond donors (Lipinski definition) is 1. The highest BCUT2D eigenvalue weighted by Crippen LogP contribution is 2.28. The van der Waals surface area contributed by atoms with Crippen molar-refractivity contribution >= 4 is 17.2 Å². The summed E-state index contributed by atoms with van der Waals surface area (Å²) in [5, 5.41) is 8.21. The second-order valence-electron chi connectivity index (χ2n) is 6.88. The van der Waals surface area contributed by atoms with E-state index in [1.165, 1.54) is 11.3 Å². The number of amides is 1. The smallest absolute Gasteiger partial charge is 0.273 e. The van der Waals surface area contributed by atoms with Crippen molar-refractivity contribution in [1.82, 2.24) is 20.1 Å². The van der Waals surface area contributed by atoms with Gasteiger partial charge < -0.3 is 9.32 Å². The minimum Gasteiger partial charge on any atom is -0.462 e. The van der Waals surface area contributed by atoms with Crippen LogP contribution >= 0.6 is 11.3 Å². The number of carbonyl (C=O) groups is 1. The van der Waals surface area contributed by atoms with Gasteiger partial charge in [0.2, 0.25) is 0 Å². The number of aromatic amines is 1. The maximum absolute atomic E-state index is 12.8. The number of rotatable bonds is 7. The van der Waals surface area contributed by atoms with Crippen LogP contribution in [0.5, 0.6) is 0 Å². The van der Waals surface area contributed by atoms with Crippen LogP contribution in [0.3, 0.4) is 0 Å². The Balaban J connectivity index is 1.34. The first-order valence-electron chi connectivity index (χ1n) is 9.48. The lowest BCUT2D eigenvalue weighted by Crippen LogP contribution is -2.28. The number of H-pyrrole nitrogens is 1. The van der Waals surface area contributed by atoms with E-state index in [0.29, 0.717) is 18.0 Å². The summed E-state index contributed by atoms with van der Waals surface area (Å²) in [5.41, 5.74) is 3.59. The quantitative estimate of drug-likeness (QED) is 0.478. The molecule has 0 aliphatic heterocycles. The van der Waals surface area contributed by atoms with Gasteiger partial charge in [-0.3, -0.25) is 9.89 Å². The zero-order valence-corrected chi connectivity index (χ0v) is 17.2. The van der Waals surface area contributed by atoms with Gasteiger partial charge in [-0.15, -0.1) is 11.3 Å². The molecule has 7 heteroatoms. The molecule has 0 bridgehead atoms. The first-order chi connectivity index (χ1) is 14.1. The monoisotopic (exact) mass is 406 g/mol. The van der Waals surface area contributed by atoms with Crippen LogP contribution in [-0.4, -0.2) is 39.6 Å². The first kappa shape index (κ1) is 19.1. The summed E-state index contributed by atoms with van der Waals surface area (Å²) in [5.74, 6) is 0.624. The summed E-state index contributed by atoms with van der Waals surface area (Å²) < 4.78 is 5.39. The van der Waals surface area contributed by atoms with Crippen molar-refractivity contribution in [1.29, 1.82) is 0 Å². The molecule has 1 amide bonds. The van der Waals surface area contributed by atoms with Crippen LogP contribution in [0.4, 0.5) is 0 Å². The normalized spacial score (nSPS) is 11.0. The molecule has 29 heavy (non-hydrogen) atoms. The number of furan rings is 1. The van der Waals surface area contributed by atoms with Crippen molar-refractivity contribution in [2.45, 2.75) is 19.8 Å². The Bertz CT molecular complexity index is 1080. The Labute approximate surface area is 173 Å². The molecule has 3 aromatic heterocycles. The van der Waals surface area contributed by atoms with E-state index in [1.807, 2.05) is 56.4 Å².